The summed E-state index contributed by atoms with van der Waals surface area (Å²) in [7, 11) is 4.77. The molecule has 3 saturated heterocycles. The maximum atomic E-state index is 14.3. The summed E-state index contributed by atoms with van der Waals surface area (Å²) >= 11 is 0. The fourth-order valence-electron chi connectivity index (χ4n) is 8.73. The van der Waals surface area contributed by atoms with Crippen molar-refractivity contribution in [2.75, 3.05) is 41.3 Å². The summed E-state index contributed by atoms with van der Waals surface area (Å²) in [5.74, 6) is -4.14. The van der Waals surface area contributed by atoms with E-state index in [0.717, 1.165) is 0 Å². The highest BCUT2D eigenvalue weighted by Gasteiger charge is 2.53. The number of cyclic esters (lactones) is 1. The van der Waals surface area contributed by atoms with E-state index in [9.17, 15) is 30.3 Å². The predicted molar refractivity (Wildman–Crippen MR) is 208 cm³/mol. The van der Waals surface area contributed by atoms with Gasteiger partial charge in [0.15, 0.2) is 12.6 Å². The highest BCUT2D eigenvalue weighted by Crippen LogP contribution is 2.41. The van der Waals surface area contributed by atoms with Crippen molar-refractivity contribution < 1.29 is 73.1 Å². The summed E-state index contributed by atoms with van der Waals surface area (Å²) in [4.78, 5) is 19.8. The van der Waals surface area contributed by atoms with Gasteiger partial charge in [0.05, 0.1) is 66.6 Å². The Kier molecular flexibility index (Phi) is 18.6. The monoisotopic (exact) mass is 823 g/mol. The lowest BCUT2D eigenvalue weighted by Crippen LogP contribution is -2.61. The molecule has 0 spiro atoms. The first kappa shape index (κ1) is 49.8. The van der Waals surface area contributed by atoms with E-state index in [2.05, 4.69) is 10.5 Å². The Bertz CT molecular complexity index is 1270. The second kappa shape index (κ2) is 21.3. The van der Waals surface area contributed by atoms with E-state index in [0.29, 0.717) is 18.7 Å². The zero-order valence-corrected chi connectivity index (χ0v) is 36.4. The van der Waals surface area contributed by atoms with Crippen LogP contribution >= 0.6 is 0 Å². The zero-order valence-electron chi connectivity index (χ0n) is 36.4. The zero-order chi connectivity index (χ0) is 43.0. The van der Waals surface area contributed by atoms with Gasteiger partial charge in [0, 0.05) is 44.4 Å². The Morgan fingerprint density at radius 2 is 1.58 bits per heavy atom. The number of nitrogens with one attached hydrogen (secondary N) is 1. The van der Waals surface area contributed by atoms with Crippen molar-refractivity contribution >= 4 is 11.7 Å². The number of nitrogens with zero attached hydrogens (tertiary/aromatic N) is 1. The van der Waals surface area contributed by atoms with Crippen LogP contribution < -0.4 is 5.32 Å². The number of hydrogen-bond donors (Lipinski definition) is 6. The summed E-state index contributed by atoms with van der Waals surface area (Å²) in [5.41, 5.74) is -4.49. The molecule has 3 fully saturated rings. The van der Waals surface area contributed by atoms with Crippen LogP contribution in [0, 0.1) is 23.7 Å². The molecule has 3 rings (SSSR count). The third-order valence-corrected chi connectivity index (χ3v) is 12.3. The van der Waals surface area contributed by atoms with Gasteiger partial charge in [-0.3, -0.25) is 4.79 Å². The van der Waals surface area contributed by atoms with Gasteiger partial charge in [0.25, 0.3) is 0 Å². The molecule has 10 unspecified atom stereocenters. The number of carbonyl (C=O) groups excluding carboxylic acids is 1. The van der Waals surface area contributed by atoms with Gasteiger partial charge in [-0.1, -0.05) is 32.9 Å². The minimum Gasteiger partial charge on any atom is -0.459 e. The van der Waals surface area contributed by atoms with Crippen LogP contribution in [0.15, 0.2) is 5.16 Å². The molecular formula is C40H74N2O15. The average molecular weight is 823 g/mol. The first-order chi connectivity index (χ1) is 26.6. The van der Waals surface area contributed by atoms with Crippen LogP contribution in [0.4, 0.5) is 0 Å². The average Bonchev–Trinajstić information content (AvgIpc) is 3.15. The van der Waals surface area contributed by atoms with Crippen molar-refractivity contribution in [2.45, 2.75) is 179 Å². The first-order valence-electron chi connectivity index (χ1n) is 20.4. The molecule has 3 heterocycles. The maximum Gasteiger partial charge on any atom is 0.311 e. The number of likely N-dealkylation sites (N-methyl/N-ethyl adjacent to an activating group) is 1. The highest BCUT2D eigenvalue weighted by molar-refractivity contribution is 5.88. The number of hydrogen-bond acceptors (Lipinski definition) is 17. The molecule has 0 bridgehead atoms. The summed E-state index contributed by atoms with van der Waals surface area (Å²) in [6, 6.07) is -0.379. The van der Waals surface area contributed by atoms with Gasteiger partial charge < -0.3 is 73.6 Å². The lowest BCUT2D eigenvalue weighted by Gasteiger charge is -2.49. The third kappa shape index (κ3) is 12.0. The summed E-state index contributed by atoms with van der Waals surface area (Å²) in [5, 5.41) is 66.4. The van der Waals surface area contributed by atoms with Gasteiger partial charge >= 0.3 is 5.97 Å². The molecule has 3 aliphatic heterocycles. The molecular weight excluding hydrogens is 748 g/mol. The number of rotatable bonds is 13. The van der Waals surface area contributed by atoms with Crippen molar-refractivity contribution in [3.8, 4) is 0 Å². The highest BCUT2D eigenvalue weighted by atomic mass is 16.7. The van der Waals surface area contributed by atoms with Crippen molar-refractivity contribution in [3.63, 3.8) is 0 Å². The summed E-state index contributed by atoms with van der Waals surface area (Å²) in [6.07, 6.45) is -9.54. The van der Waals surface area contributed by atoms with E-state index < -0.39 is 102 Å². The van der Waals surface area contributed by atoms with E-state index in [4.69, 9.17) is 42.7 Å². The summed E-state index contributed by atoms with van der Waals surface area (Å²) < 4.78 is 47.9. The molecule has 17 nitrogen and oxygen atoms in total. The van der Waals surface area contributed by atoms with Crippen LogP contribution in [0.25, 0.3) is 0 Å². The molecule has 3 aliphatic rings. The normalized spacial score (nSPS) is 46.3. The van der Waals surface area contributed by atoms with E-state index in [1.807, 2.05) is 6.92 Å². The molecule has 57 heavy (non-hydrogen) atoms. The maximum absolute atomic E-state index is 14.3. The Balaban J connectivity index is 2.21. The number of aliphatic hydroxyl groups is 5. The topological polar surface area (TPSA) is 226 Å². The van der Waals surface area contributed by atoms with Gasteiger partial charge in [-0.25, -0.2) is 0 Å². The van der Waals surface area contributed by atoms with Crippen LogP contribution in [0.2, 0.25) is 0 Å². The van der Waals surface area contributed by atoms with Crippen molar-refractivity contribution in [3.05, 3.63) is 0 Å². The molecule has 0 amide bonds. The van der Waals surface area contributed by atoms with Crippen LogP contribution in [-0.4, -0.2) is 163 Å². The van der Waals surface area contributed by atoms with Crippen LogP contribution in [0.1, 0.15) is 94.9 Å². The van der Waals surface area contributed by atoms with Crippen LogP contribution in [0.5, 0.6) is 0 Å². The smallest absolute Gasteiger partial charge is 0.311 e. The predicted octanol–water partition coefficient (Wildman–Crippen LogP) is 1.87. The number of aliphatic hydroxyl groups excluding tert-OH is 3. The van der Waals surface area contributed by atoms with E-state index in [-0.39, 0.29) is 44.8 Å². The second-order valence-corrected chi connectivity index (χ2v) is 17.1. The molecule has 0 aromatic carbocycles. The lowest BCUT2D eigenvalue weighted by molar-refractivity contribution is -0.315. The molecule has 0 aliphatic carbocycles. The van der Waals surface area contributed by atoms with Crippen LogP contribution in [0.3, 0.4) is 0 Å². The Hall–Kier alpha value is -1.58. The molecule has 6 N–H and O–H groups in total. The van der Waals surface area contributed by atoms with E-state index in [1.54, 1.807) is 69.5 Å². The molecule has 334 valence electrons. The fourth-order valence-corrected chi connectivity index (χ4v) is 8.73. The number of methoxy groups -OCH3 is 2. The molecule has 18 atom stereocenters. The van der Waals surface area contributed by atoms with Gasteiger partial charge in [0.1, 0.15) is 23.9 Å². The van der Waals surface area contributed by atoms with Crippen molar-refractivity contribution in [1.82, 2.24) is 5.32 Å². The van der Waals surface area contributed by atoms with Gasteiger partial charge in [0.2, 0.25) is 6.79 Å². The van der Waals surface area contributed by atoms with E-state index in [1.165, 1.54) is 14.0 Å². The minimum absolute atomic E-state index is 0.0323. The second-order valence-electron chi connectivity index (χ2n) is 17.1. The Labute approximate surface area is 339 Å². The Morgan fingerprint density at radius 1 is 0.912 bits per heavy atom. The number of carbonyl (C=O) groups is 1. The van der Waals surface area contributed by atoms with Crippen molar-refractivity contribution in [2.24, 2.45) is 28.8 Å². The Morgan fingerprint density at radius 3 is 2.18 bits per heavy atom. The minimum atomic E-state index is -1.97. The molecule has 0 aromatic heterocycles. The largest absolute Gasteiger partial charge is 0.459 e. The number of ether oxygens (including phenoxy) is 8. The first-order valence-corrected chi connectivity index (χ1v) is 20.4. The van der Waals surface area contributed by atoms with Crippen molar-refractivity contribution in [1.29, 1.82) is 0 Å². The fraction of sp³-hybridized carbons (Fsp3) is 0.950. The van der Waals surface area contributed by atoms with Gasteiger partial charge in [-0.15, -0.1) is 0 Å². The van der Waals surface area contributed by atoms with E-state index >= 15 is 0 Å². The molecule has 0 radical (unpaired) electrons. The number of esters is 1. The molecule has 17 heteroatoms. The number of oxime groups is 1. The third-order valence-electron chi connectivity index (χ3n) is 12.3. The lowest BCUT2D eigenvalue weighted by atomic mass is 9.73. The van der Waals surface area contributed by atoms with Gasteiger partial charge in [-0.05, 0) is 67.9 Å². The standard InChI is InChI=1S/C40H74N2O15/c1-14-28-40(10,48)33(44)23(4)30(42-52-20-51-16-15-49-12)21(2)18-38(8,47)35(57-37-31(43)27(41-11)17-22(3)53-37)24(5)32(25(6)36(46)55-28)56-29-19-39(9,50-13)34(45)26(7)54-29/h21-29,31-35,37,41,43-45,47-48H,14-20H2,1-13H3/b42-30+/t21-,22?,23+,24+,25-,26?,27?,28?,29?,31?,32?,33-,34?,35-,37?,38-,39?,40-/m0/s1. The quantitative estimate of drug-likeness (QED) is 0.0675. The SMILES string of the molecule is CCC1OC(=O)[C@@H](C)C(OC2CC(C)(OC)C(O)C(C)O2)[C@@H](C)[C@H](OC2OC(C)CC(NC)C2O)[C@@](C)(O)C[C@H](C)/C(=N\OCOCCOC)[C@@H](C)[C@H](O)[C@@]1(C)O. The molecule has 0 aromatic rings. The summed E-state index contributed by atoms with van der Waals surface area (Å²) in [6.45, 7) is 17.2. The van der Waals surface area contributed by atoms with Crippen LogP contribution in [-0.2, 0) is 47.5 Å². The van der Waals surface area contributed by atoms with Gasteiger partial charge in [-0.2, -0.15) is 0 Å². The molecule has 0 saturated carbocycles.